The lowest BCUT2D eigenvalue weighted by atomic mass is 10.0. The van der Waals surface area contributed by atoms with Gasteiger partial charge in [0.05, 0.1) is 42.3 Å². The Morgan fingerprint density at radius 1 is 1.16 bits per heavy atom. The van der Waals surface area contributed by atoms with Gasteiger partial charge in [-0.25, -0.2) is 14.4 Å². The lowest BCUT2D eigenvalue weighted by Gasteiger charge is -2.27. The van der Waals surface area contributed by atoms with Crippen molar-refractivity contribution in [2.24, 2.45) is 0 Å². The van der Waals surface area contributed by atoms with E-state index in [1.165, 1.54) is 24.5 Å². The van der Waals surface area contributed by atoms with Crippen LogP contribution >= 0.6 is 0 Å². The minimum Gasteiger partial charge on any atom is -0.383 e. The van der Waals surface area contributed by atoms with Crippen LogP contribution < -0.4 is 20.7 Å². The number of rotatable bonds is 9. The van der Waals surface area contributed by atoms with E-state index in [2.05, 4.69) is 25.2 Å². The van der Waals surface area contributed by atoms with Crippen LogP contribution in [-0.2, 0) is 15.7 Å². The van der Waals surface area contributed by atoms with Gasteiger partial charge in [-0.1, -0.05) is 0 Å². The van der Waals surface area contributed by atoms with Crippen LogP contribution in [0.3, 0.4) is 0 Å². The third kappa shape index (κ3) is 7.00. The third-order valence-electron chi connectivity index (χ3n) is 7.83. The molecule has 2 aliphatic rings. The maximum atomic E-state index is 15.7. The van der Waals surface area contributed by atoms with Crippen molar-refractivity contribution in [1.29, 1.82) is 0 Å². The molecule has 0 saturated carbocycles. The van der Waals surface area contributed by atoms with Crippen LogP contribution in [0.5, 0.6) is 0 Å². The Morgan fingerprint density at radius 3 is 2.57 bits per heavy atom. The molecule has 1 aromatic carbocycles. The van der Waals surface area contributed by atoms with Crippen LogP contribution in [0.2, 0.25) is 0 Å². The Hall–Kier alpha value is -4.08. The van der Waals surface area contributed by atoms with Crippen molar-refractivity contribution in [2.45, 2.75) is 18.6 Å². The number of H-pyrrole nitrogens is 1. The normalized spacial score (nSPS) is 17.4. The molecule has 5 rings (SSSR count). The highest BCUT2D eigenvalue weighted by Crippen LogP contribution is 2.37. The molecule has 0 spiro atoms. The number of halogens is 4. The molecule has 2 fully saturated rings. The standard InChI is InChI=1S/C29H33F4N7O4/c1-38(5-8-43-2)19-3-4-40(17-19)25-13-23(30)20(18-14-35-28(36-15-18)39-6-9-44-10-7-39)11-24(25)37-27(42)21-16-34-26(41)12-22(21)29(31,32)33/h11-16,19H,3-10,17H2,1-2H3,(H,34,41)(H,37,42)/t19-/m1/s1. The topological polar surface area (TPSA) is 116 Å². The number of aromatic amines is 1. The van der Waals surface area contributed by atoms with Gasteiger partial charge in [-0.3, -0.25) is 14.5 Å². The summed E-state index contributed by atoms with van der Waals surface area (Å²) in [6.45, 7) is 4.52. The van der Waals surface area contributed by atoms with Crippen molar-refractivity contribution in [1.82, 2.24) is 19.9 Å². The van der Waals surface area contributed by atoms with E-state index in [9.17, 15) is 22.8 Å². The number of carbonyl (C=O) groups excluding carboxylic acids is 1. The van der Waals surface area contributed by atoms with Crippen molar-refractivity contribution >= 4 is 23.2 Å². The molecule has 2 aliphatic heterocycles. The molecule has 0 aliphatic carbocycles. The van der Waals surface area contributed by atoms with E-state index in [0.717, 1.165) is 12.6 Å². The Kier molecular flexibility index (Phi) is 9.46. The first-order chi connectivity index (χ1) is 21.0. The van der Waals surface area contributed by atoms with Gasteiger partial charge in [0.25, 0.3) is 5.91 Å². The van der Waals surface area contributed by atoms with E-state index < -0.39 is 34.6 Å². The number of aromatic nitrogens is 3. The number of amides is 1. The molecule has 2 aromatic heterocycles. The Labute approximate surface area is 250 Å². The predicted molar refractivity (Wildman–Crippen MR) is 156 cm³/mol. The number of hydrogen-bond donors (Lipinski definition) is 2. The summed E-state index contributed by atoms with van der Waals surface area (Å²) < 4.78 is 67.5. The van der Waals surface area contributed by atoms with Crippen LogP contribution in [0.1, 0.15) is 22.3 Å². The maximum Gasteiger partial charge on any atom is 0.417 e. The number of benzene rings is 1. The summed E-state index contributed by atoms with van der Waals surface area (Å²) >= 11 is 0. The van der Waals surface area contributed by atoms with Crippen molar-refractivity contribution in [3.05, 3.63) is 64.1 Å². The van der Waals surface area contributed by atoms with Crippen LogP contribution in [0.15, 0.2) is 41.6 Å². The summed E-state index contributed by atoms with van der Waals surface area (Å²) in [4.78, 5) is 41.8. The molecule has 0 bridgehead atoms. The van der Waals surface area contributed by atoms with E-state index in [1.807, 2.05) is 16.8 Å². The number of anilines is 3. The van der Waals surface area contributed by atoms with Crippen LogP contribution in [0.25, 0.3) is 11.1 Å². The average molecular weight is 620 g/mol. The van der Waals surface area contributed by atoms with Crippen LogP contribution in [0, 0.1) is 5.82 Å². The van der Waals surface area contributed by atoms with E-state index in [4.69, 9.17) is 9.47 Å². The van der Waals surface area contributed by atoms with Crippen LogP contribution in [0.4, 0.5) is 34.9 Å². The van der Waals surface area contributed by atoms with Gasteiger partial charge in [0, 0.05) is 81.7 Å². The molecule has 0 radical (unpaired) electrons. The lowest BCUT2D eigenvalue weighted by molar-refractivity contribution is -0.138. The zero-order valence-corrected chi connectivity index (χ0v) is 24.3. The molecule has 1 amide bonds. The third-order valence-corrected chi connectivity index (χ3v) is 7.83. The molecule has 0 unspecified atom stereocenters. The smallest absolute Gasteiger partial charge is 0.383 e. The molecule has 3 aromatic rings. The van der Waals surface area contributed by atoms with Gasteiger partial charge < -0.3 is 29.6 Å². The van der Waals surface area contributed by atoms with E-state index >= 15 is 4.39 Å². The first-order valence-electron chi connectivity index (χ1n) is 14.1. The summed E-state index contributed by atoms with van der Waals surface area (Å²) in [7, 11) is 3.57. The molecular weight excluding hydrogens is 586 g/mol. The van der Waals surface area contributed by atoms with Crippen LogP contribution in [-0.4, -0.2) is 98.5 Å². The molecule has 2 N–H and O–H groups in total. The average Bonchev–Trinajstić information content (AvgIpc) is 3.51. The minimum absolute atomic E-state index is 0.0584. The van der Waals surface area contributed by atoms with Crippen molar-refractivity contribution in [3.8, 4) is 11.1 Å². The second kappa shape index (κ2) is 13.3. The molecule has 2 saturated heterocycles. The number of nitrogens with zero attached hydrogens (tertiary/aromatic N) is 5. The minimum atomic E-state index is -4.95. The molecule has 1 atom stereocenters. The summed E-state index contributed by atoms with van der Waals surface area (Å²) in [5.41, 5.74) is -2.36. The van der Waals surface area contributed by atoms with Gasteiger partial charge in [-0.15, -0.1) is 0 Å². The number of hydrogen-bond acceptors (Lipinski definition) is 9. The number of carbonyl (C=O) groups is 1. The van der Waals surface area contributed by atoms with E-state index in [0.29, 0.717) is 75.8 Å². The molecule has 44 heavy (non-hydrogen) atoms. The summed E-state index contributed by atoms with van der Waals surface area (Å²) in [5, 5.41) is 2.55. The number of likely N-dealkylation sites (N-methyl/N-ethyl adjacent to an activating group) is 1. The van der Waals surface area contributed by atoms with Gasteiger partial charge in [0.2, 0.25) is 11.5 Å². The Balaban J connectivity index is 1.50. The van der Waals surface area contributed by atoms with Crippen molar-refractivity contribution < 1.29 is 31.8 Å². The Bertz CT molecular complexity index is 1530. The van der Waals surface area contributed by atoms with Crippen molar-refractivity contribution in [2.75, 3.05) is 81.8 Å². The first kappa shape index (κ1) is 31.3. The number of ether oxygens (including phenoxy) is 2. The van der Waals surface area contributed by atoms with Crippen molar-refractivity contribution in [3.63, 3.8) is 0 Å². The fourth-order valence-electron chi connectivity index (χ4n) is 5.35. The molecular formula is C29H33F4N7O4. The number of alkyl halides is 3. The number of morpholine rings is 1. The highest BCUT2D eigenvalue weighted by molar-refractivity contribution is 6.07. The monoisotopic (exact) mass is 619 g/mol. The zero-order valence-electron chi connectivity index (χ0n) is 24.3. The number of nitrogens with one attached hydrogen (secondary N) is 2. The quantitative estimate of drug-likeness (QED) is 0.349. The highest BCUT2D eigenvalue weighted by Gasteiger charge is 2.36. The van der Waals surface area contributed by atoms with Gasteiger partial charge >= 0.3 is 6.18 Å². The molecule has 15 heteroatoms. The van der Waals surface area contributed by atoms with E-state index in [1.54, 1.807) is 7.11 Å². The van der Waals surface area contributed by atoms with Gasteiger partial charge in [0.15, 0.2) is 0 Å². The predicted octanol–water partition coefficient (Wildman–Crippen LogP) is 3.24. The molecule has 11 nitrogen and oxygen atoms in total. The molecule has 236 valence electrons. The van der Waals surface area contributed by atoms with Gasteiger partial charge in [0.1, 0.15) is 5.82 Å². The molecule has 4 heterocycles. The summed E-state index contributed by atoms with van der Waals surface area (Å²) in [6.07, 6.45) is -0.568. The summed E-state index contributed by atoms with van der Waals surface area (Å²) in [6, 6.07) is 3.07. The van der Waals surface area contributed by atoms with E-state index in [-0.39, 0.29) is 17.3 Å². The van der Waals surface area contributed by atoms with Gasteiger partial charge in [-0.2, -0.15) is 13.2 Å². The second-order valence-corrected chi connectivity index (χ2v) is 10.7. The maximum absolute atomic E-state index is 15.7. The Morgan fingerprint density at radius 2 is 1.89 bits per heavy atom. The number of methoxy groups -OCH3 is 1. The first-order valence-corrected chi connectivity index (χ1v) is 14.1. The number of pyridine rings is 1. The highest BCUT2D eigenvalue weighted by atomic mass is 19.4. The fraction of sp³-hybridized carbons (Fsp3) is 0.448. The summed E-state index contributed by atoms with van der Waals surface area (Å²) in [5.74, 6) is -1.27. The largest absolute Gasteiger partial charge is 0.417 e. The van der Waals surface area contributed by atoms with Gasteiger partial charge in [-0.05, 0) is 25.6 Å². The second-order valence-electron chi connectivity index (χ2n) is 10.7. The lowest BCUT2D eigenvalue weighted by Crippen LogP contribution is -2.37. The zero-order chi connectivity index (χ0) is 31.4. The fourth-order valence-corrected chi connectivity index (χ4v) is 5.35. The SMILES string of the molecule is COCCN(C)[C@@H]1CCN(c2cc(F)c(-c3cnc(N4CCOCC4)nc3)cc2NC(=O)c2c[nH]c(=O)cc2C(F)(F)F)C1.